The summed E-state index contributed by atoms with van der Waals surface area (Å²) in [6.07, 6.45) is 1.57. The Labute approximate surface area is 227 Å². The molecule has 0 unspecified atom stereocenters. The van der Waals surface area contributed by atoms with Crippen molar-refractivity contribution in [3.8, 4) is 11.5 Å². The van der Waals surface area contributed by atoms with Gasteiger partial charge in [0.1, 0.15) is 11.5 Å². The maximum Gasteiger partial charge on any atom is 0.338 e. The van der Waals surface area contributed by atoms with E-state index in [2.05, 4.69) is 0 Å². The Hall–Kier alpha value is -4.14. The minimum Gasteiger partial charge on any atom is -0.507 e. The Morgan fingerprint density at radius 1 is 1.13 bits per heavy atom. The number of aromatic hydroxyl groups is 1. The van der Waals surface area contributed by atoms with Gasteiger partial charge in [0.2, 0.25) is 0 Å². The first kappa shape index (κ1) is 25.5. The van der Waals surface area contributed by atoms with Crippen molar-refractivity contribution in [2.24, 2.45) is 4.99 Å². The third kappa shape index (κ3) is 4.76. The normalized spacial score (nSPS) is 15.1. The van der Waals surface area contributed by atoms with E-state index in [0.29, 0.717) is 42.5 Å². The van der Waals surface area contributed by atoms with Gasteiger partial charge in [-0.2, -0.15) is 0 Å². The molecule has 2 heterocycles. The number of thiazole rings is 1. The molecule has 0 radical (unpaired) electrons. The van der Waals surface area contributed by atoms with Gasteiger partial charge < -0.3 is 14.6 Å². The van der Waals surface area contributed by atoms with Gasteiger partial charge in [0.25, 0.3) is 5.56 Å². The first-order valence-electron chi connectivity index (χ1n) is 11.8. The van der Waals surface area contributed by atoms with E-state index in [4.69, 9.17) is 26.1 Å². The molecule has 9 heteroatoms. The van der Waals surface area contributed by atoms with Gasteiger partial charge in [-0.25, -0.2) is 9.79 Å². The fourth-order valence-electron chi connectivity index (χ4n) is 4.35. The average Bonchev–Trinajstić information content (AvgIpc) is 3.24. The number of rotatable bonds is 6. The molecule has 1 aliphatic rings. The predicted molar refractivity (Wildman–Crippen MR) is 147 cm³/mol. The molecule has 4 aromatic rings. The minimum absolute atomic E-state index is 0.0123. The highest BCUT2D eigenvalue weighted by Gasteiger charge is 2.35. The number of hydrogen-bond donors (Lipinski definition) is 1. The highest BCUT2D eigenvalue weighted by atomic mass is 35.5. The highest BCUT2D eigenvalue weighted by molar-refractivity contribution is 7.07. The molecule has 7 nitrogen and oxygen atoms in total. The number of esters is 1. The van der Waals surface area contributed by atoms with E-state index in [1.54, 1.807) is 50.4 Å². The van der Waals surface area contributed by atoms with Gasteiger partial charge in [0.05, 0.1) is 35.6 Å². The van der Waals surface area contributed by atoms with Crippen LogP contribution in [0.15, 0.2) is 88.2 Å². The molecule has 0 bridgehead atoms. The Morgan fingerprint density at radius 3 is 2.66 bits per heavy atom. The van der Waals surface area contributed by atoms with E-state index in [1.165, 1.54) is 10.6 Å². The van der Waals surface area contributed by atoms with Crippen molar-refractivity contribution in [1.82, 2.24) is 4.57 Å². The third-order valence-corrected chi connectivity index (χ3v) is 7.28. The van der Waals surface area contributed by atoms with Gasteiger partial charge in [0.15, 0.2) is 4.80 Å². The molecule has 3 aromatic carbocycles. The zero-order valence-corrected chi connectivity index (χ0v) is 22.1. The lowest BCUT2D eigenvalue weighted by Gasteiger charge is -2.26. The standard InChI is InChI=1S/C29H23ClN2O5S/c1-3-37-28(35)24-25(17-8-5-4-6-9-17)31-29-32(26(24)18-10-7-11-21(15-18)36-2)27(34)23(38-29)16-19-14-20(30)12-13-22(19)33/h4-16,26,33H,3H2,1-2H3/b23-16-/t26-/m1/s1. The van der Waals surface area contributed by atoms with E-state index in [0.717, 1.165) is 11.3 Å². The van der Waals surface area contributed by atoms with Crippen molar-refractivity contribution in [3.63, 3.8) is 0 Å². The smallest absolute Gasteiger partial charge is 0.338 e. The van der Waals surface area contributed by atoms with E-state index in [1.807, 2.05) is 36.4 Å². The van der Waals surface area contributed by atoms with Crippen LogP contribution in [0.1, 0.15) is 29.7 Å². The quantitative estimate of drug-likeness (QED) is 0.364. The largest absolute Gasteiger partial charge is 0.507 e. The molecule has 0 saturated heterocycles. The Kier molecular flexibility index (Phi) is 7.18. The maximum atomic E-state index is 13.9. The summed E-state index contributed by atoms with van der Waals surface area (Å²) in [5.41, 5.74) is 2.08. The van der Waals surface area contributed by atoms with Crippen molar-refractivity contribution in [3.05, 3.63) is 120 Å². The number of fused-ring (bicyclic) bond motifs is 1. The molecule has 0 amide bonds. The van der Waals surface area contributed by atoms with Crippen LogP contribution >= 0.6 is 22.9 Å². The Morgan fingerprint density at radius 2 is 1.92 bits per heavy atom. The van der Waals surface area contributed by atoms with Gasteiger partial charge in [-0.3, -0.25) is 9.36 Å². The minimum atomic E-state index is -0.828. The average molecular weight is 547 g/mol. The number of benzene rings is 3. The SMILES string of the molecule is CCOC(=O)C1=C(c2ccccc2)N=c2s/c(=C\c3cc(Cl)ccc3O)c(=O)n2[C@@H]1c1cccc(OC)c1. The zero-order chi connectivity index (χ0) is 26.8. The zero-order valence-electron chi connectivity index (χ0n) is 20.6. The van der Waals surface area contributed by atoms with E-state index in [9.17, 15) is 14.7 Å². The highest BCUT2D eigenvalue weighted by Crippen LogP contribution is 2.36. The van der Waals surface area contributed by atoms with Crippen LogP contribution in [0.25, 0.3) is 11.8 Å². The van der Waals surface area contributed by atoms with Gasteiger partial charge in [-0.15, -0.1) is 0 Å². The Balaban J connectivity index is 1.85. The summed E-state index contributed by atoms with van der Waals surface area (Å²) >= 11 is 7.29. The summed E-state index contributed by atoms with van der Waals surface area (Å²) in [7, 11) is 1.56. The molecule has 1 aliphatic heterocycles. The fourth-order valence-corrected chi connectivity index (χ4v) is 5.52. The number of nitrogens with zero attached hydrogens (tertiary/aromatic N) is 2. The van der Waals surface area contributed by atoms with Crippen LogP contribution in [0.2, 0.25) is 5.02 Å². The summed E-state index contributed by atoms with van der Waals surface area (Å²) < 4.78 is 12.7. The summed E-state index contributed by atoms with van der Waals surface area (Å²) in [5.74, 6) is 0.00130. The van der Waals surface area contributed by atoms with Gasteiger partial charge in [-0.1, -0.05) is 65.4 Å². The second-order valence-corrected chi connectivity index (χ2v) is 9.86. The molecule has 0 aliphatic carbocycles. The predicted octanol–water partition coefficient (Wildman–Crippen LogP) is 4.30. The monoisotopic (exact) mass is 546 g/mol. The molecule has 1 atom stereocenters. The molecule has 1 aromatic heterocycles. The van der Waals surface area contributed by atoms with Crippen molar-refractivity contribution in [2.45, 2.75) is 13.0 Å². The van der Waals surface area contributed by atoms with Crippen molar-refractivity contribution < 1.29 is 19.4 Å². The summed E-state index contributed by atoms with van der Waals surface area (Å²) in [4.78, 5) is 32.6. The van der Waals surface area contributed by atoms with Gasteiger partial charge >= 0.3 is 5.97 Å². The molecule has 1 N–H and O–H groups in total. The molecule has 192 valence electrons. The first-order chi connectivity index (χ1) is 18.4. The number of carbonyl (C=O) groups is 1. The molecular formula is C29H23ClN2O5S. The van der Waals surface area contributed by atoms with Crippen LogP contribution in [0.4, 0.5) is 0 Å². The van der Waals surface area contributed by atoms with Gasteiger partial charge in [0, 0.05) is 16.1 Å². The molecule has 38 heavy (non-hydrogen) atoms. The van der Waals surface area contributed by atoms with Crippen molar-refractivity contribution in [1.29, 1.82) is 0 Å². The summed E-state index contributed by atoms with van der Waals surface area (Å²) in [6.45, 7) is 1.89. The van der Waals surface area contributed by atoms with Gasteiger partial charge in [-0.05, 0) is 48.9 Å². The number of phenols is 1. The molecule has 0 fully saturated rings. The second-order valence-electron chi connectivity index (χ2n) is 8.41. The number of halogens is 1. The lowest BCUT2D eigenvalue weighted by atomic mass is 9.93. The van der Waals surface area contributed by atoms with Crippen LogP contribution in [0.3, 0.4) is 0 Å². The number of hydrogen-bond acceptors (Lipinski definition) is 7. The number of phenolic OH excluding ortho intramolecular Hbond substituents is 1. The molecule has 0 saturated carbocycles. The summed E-state index contributed by atoms with van der Waals surface area (Å²) in [5, 5.41) is 10.8. The number of aromatic nitrogens is 1. The molecular weight excluding hydrogens is 524 g/mol. The van der Waals surface area contributed by atoms with E-state index >= 15 is 0 Å². The lowest BCUT2D eigenvalue weighted by molar-refractivity contribution is -0.138. The summed E-state index contributed by atoms with van der Waals surface area (Å²) in [6, 6.07) is 20.3. The number of carbonyl (C=O) groups excluding carboxylic acids is 1. The second kappa shape index (κ2) is 10.7. The van der Waals surface area contributed by atoms with Crippen LogP contribution in [0, 0.1) is 0 Å². The van der Waals surface area contributed by atoms with Crippen LogP contribution in [-0.2, 0) is 9.53 Å². The third-order valence-electron chi connectivity index (χ3n) is 6.06. The number of methoxy groups -OCH3 is 1. The van der Waals surface area contributed by atoms with E-state index in [-0.39, 0.29) is 23.5 Å². The number of ether oxygens (including phenoxy) is 2. The fraction of sp³-hybridized carbons (Fsp3) is 0.138. The molecule has 5 rings (SSSR count). The maximum absolute atomic E-state index is 13.9. The molecule has 0 spiro atoms. The first-order valence-corrected chi connectivity index (χ1v) is 13.0. The van der Waals surface area contributed by atoms with Crippen molar-refractivity contribution >= 4 is 40.7 Å². The van der Waals surface area contributed by atoms with Crippen LogP contribution < -0.4 is 19.6 Å². The van der Waals surface area contributed by atoms with Crippen LogP contribution in [0.5, 0.6) is 11.5 Å². The van der Waals surface area contributed by atoms with Crippen LogP contribution in [-0.4, -0.2) is 29.4 Å². The lowest BCUT2D eigenvalue weighted by Crippen LogP contribution is -2.40. The Bertz CT molecular complexity index is 1740. The van der Waals surface area contributed by atoms with E-state index < -0.39 is 12.0 Å². The topological polar surface area (TPSA) is 90.1 Å². The van der Waals surface area contributed by atoms with Crippen molar-refractivity contribution in [2.75, 3.05) is 13.7 Å².